The summed E-state index contributed by atoms with van der Waals surface area (Å²) in [6.07, 6.45) is 0. The van der Waals surface area contributed by atoms with Crippen LogP contribution >= 0.6 is 0 Å². The molecule has 0 saturated heterocycles. The van der Waals surface area contributed by atoms with Gasteiger partial charge in [-0.2, -0.15) is 8.42 Å². The van der Waals surface area contributed by atoms with Crippen LogP contribution in [0.3, 0.4) is 0 Å². The van der Waals surface area contributed by atoms with Crippen molar-refractivity contribution in [1.82, 2.24) is 0 Å². The van der Waals surface area contributed by atoms with Crippen LogP contribution in [0.2, 0.25) is 0 Å². The molecule has 0 N–H and O–H groups in total. The highest BCUT2D eigenvalue weighted by atomic mass is 32.2. The third-order valence-electron chi connectivity index (χ3n) is 0.302. The monoisotopic (exact) mass is 125 g/mol. The lowest BCUT2D eigenvalue weighted by molar-refractivity contribution is 0.399. The lowest BCUT2D eigenvalue weighted by atomic mass is 11.8. The molecular weight excluding hydrogens is 122 g/mol. The zero-order chi connectivity index (χ0) is 5.91. The molecular formula is CH3NO4S. The van der Waals surface area contributed by atoms with Gasteiger partial charge in [0.1, 0.15) is 0 Å². The number of hydrogen-bond donors (Lipinski definition) is 0. The van der Waals surface area contributed by atoms with Gasteiger partial charge in [0.05, 0.1) is 11.7 Å². The number of rotatable bonds is 2. The number of nitrogens with zero attached hydrogens (tertiary/aromatic N) is 1. The van der Waals surface area contributed by atoms with E-state index in [1.54, 1.807) is 4.58 Å². The first-order valence-electron chi connectivity index (χ1n) is 1.27. The Morgan fingerprint density at radius 2 is 2.00 bits per heavy atom. The Balaban J connectivity index is 4.17. The van der Waals surface area contributed by atoms with Crippen LogP contribution in [0.25, 0.3) is 0 Å². The molecule has 0 aromatic rings. The Labute approximate surface area is 40.5 Å². The molecule has 0 rings (SSSR count). The highest BCUT2D eigenvalue weighted by Gasteiger charge is 2.03. The fraction of sp³-hybridized carbons (Fsp3) is 1.00. The third-order valence-corrected chi connectivity index (χ3v) is 0.906. The molecule has 0 spiro atoms. The van der Waals surface area contributed by atoms with E-state index < -0.39 is 10.3 Å². The SMILES string of the molecule is COS(=O)(=O)N=O. The third kappa shape index (κ3) is 2.24. The Morgan fingerprint density at radius 1 is 1.57 bits per heavy atom. The van der Waals surface area contributed by atoms with Gasteiger partial charge < -0.3 is 0 Å². The van der Waals surface area contributed by atoms with Crippen LogP contribution in [0.4, 0.5) is 0 Å². The first kappa shape index (κ1) is 6.51. The van der Waals surface area contributed by atoms with Gasteiger partial charge in [-0.3, -0.25) is 4.18 Å². The molecule has 0 radical (unpaired) electrons. The summed E-state index contributed by atoms with van der Waals surface area (Å²) < 4.78 is 24.6. The summed E-state index contributed by atoms with van der Waals surface area (Å²) in [5.74, 6) is 0. The van der Waals surface area contributed by atoms with Crippen molar-refractivity contribution in [3.63, 3.8) is 0 Å². The van der Waals surface area contributed by atoms with Gasteiger partial charge in [-0.25, -0.2) is 0 Å². The molecule has 0 heterocycles. The molecule has 42 valence electrons. The minimum absolute atomic E-state index is 0.858. The first-order valence-corrected chi connectivity index (χ1v) is 2.64. The minimum atomic E-state index is -4.09. The Morgan fingerprint density at radius 3 is 2.00 bits per heavy atom. The highest BCUT2D eigenvalue weighted by molar-refractivity contribution is 7.85. The minimum Gasteiger partial charge on any atom is -0.254 e. The van der Waals surface area contributed by atoms with E-state index in [1.807, 2.05) is 0 Å². The van der Waals surface area contributed by atoms with E-state index in [9.17, 15) is 8.42 Å². The van der Waals surface area contributed by atoms with Gasteiger partial charge in [-0.05, 0) is 0 Å². The van der Waals surface area contributed by atoms with E-state index in [-0.39, 0.29) is 0 Å². The van der Waals surface area contributed by atoms with E-state index >= 15 is 0 Å². The zero-order valence-electron chi connectivity index (χ0n) is 3.49. The standard InChI is InChI=1S/CH3NO4S/c1-6-7(4,5)2-3/h1H3. The highest BCUT2D eigenvalue weighted by Crippen LogP contribution is 1.86. The van der Waals surface area contributed by atoms with Crippen molar-refractivity contribution >= 4 is 10.3 Å². The predicted molar refractivity (Wildman–Crippen MR) is 21.7 cm³/mol. The summed E-state index contributed by atoms with van der Waals surface area (Å²) in [4.78, 5) is 9.09. The average molecular weight is 125 g/mol. The Hall–Kier alpha value is -0.490. The van der Waals surface area contributed by atoms with Gasteiger partial charge in [0.2, 0.25) is 0 Å². The van der Waals surface area contributed by atoms with Crippen molar-refractivity contribution in [3.8, 4) is 0 Å². The maximum Gasteiger partial charge on any atom is 0.415 e. The largest absolute Gasteiger partial charge is 0.415 e. The molecule has 0 aliphatic carbocycles. The summed E-state index contributed by atoms with van der Waals surface area (Å²) in [7, 11) is -3.23. The first-order chi connectivity index (χ1) is 3.12. The molecule has 0 atom stereocenters. The predicted octanol–water partition coefficient (Wildman–Crippen LogP) is -0.356. The molecule has 0 aromatic carbocycles. The van der Waals surface area contributed by atoms with E-state index in [1.165, 1.54) is 0 Å². The number of hydrogen-bond acceptors (Lipinski definition) is 4. The number of nitroso groups, excluding NO2 is 1. The molecule has 0 saturated carbocycles. The molecule has 0 amide bonds. The fourth-order valence-electron chi connectivity index (χ4n) is 0.0304. The molecule has 5 nitrogen and oxygen atoms in total. The quantitative estimate of drug-likeness (QED) is 0.472. The van der Waals surface area contributed by atoms with Crippen molar-refractivity contribution in [1.29, 1.82) is 0 Å². The Kier molecular flexibility index (Phi) is 1.85. The molecule has 0 fully saturated rings. The maximum atomic E-state index is 9.67. The molecule has 7 heavy (non-hydrogen) atoms. The summed E-state index contributed by atoms with van der Waals surface area (Å²) in [5.41, 5.74) is 0. The van der Waals surface area contributed by atoms with E-state index in [0.29, 0.717) is 0 Å². The second-order valence-electron chi connectivity index (χ2n) is 0.669. The lowest BCUT2D eigenvalue weighted by Gasteiger charge is -1.81. The fourth-order valence-corrected chi connectivity index (χ4v) is 0.0913. The molecule has 0 aliphatic rings. The smallest absolute Gasteiger partial charge is 0.254 e. The van der Waals surface area contributed by atoms with E-state index in [2.05, 4.69) is 4.18 Å². The van der Waals surface area contributed by atoms with Gasteiger partial charge >= 0.3 is 10.3 Å². The van der Waals surface area contributed by atoms with Gasteiger partial charge in [0.25, 0.3) is 0 Å². The van der Waals surface area contributed by atoms with Crippen molar-refractivity contribution in [2.75, 3.05) is 7.11 Å². The molecule has 0 unspecified atom stereocenters. The molecule has 0 bridgehead atoms. The second-order valence-corrected chi connectivity index (χ2v) is 2.01. The average Bonchev–Trinajstić information content (AvgIpc) is 1.68. The van der Waals surface area contributed by atoms with Crippen LogP contribution in [0.5, 0.6) is 0 Å². The second kappa shape index (κ2) is 1.99. The van der Waals surface area contributed by atoms with Gasteiger partial charge in [-0.1, -0.05) is 0 Å². The van der Waals surface area contributed by atoms with Crippen LogP contribution in [-0.2, 0) is 14.5 Å². The van der Waals surface area contributed by atoms with Crippen molar-refractivity contribution in [3.05, 3.63) is 4.91 Å². The van der Waals surface area contributed by atoms with Crippen LogP contribution in [0.15, 0.2) is 4.58 Å². The van der Waals surface area contributed by atoms with Crippen molar-refractivity contribution < 1.29 is 12.6 Å². The summed E-state index contributed by atoms with van der Waals surface area (Å²) in [6, 6.07) is 0. The normalized spacial score (nSPS) is 11.0. The zero-order valence-corrected chi connectivity index (χ0v) is 4.30. The van der Waals surface area contributed by atoms with Crippen LogP contribution in [-0.4, -0.2) is 15.5 Å². The van der Waals surface area contributed by atoms with Crippen molar-refractivity contribution in [2.45, 2.75) is 0 Å². The van der Waals surface area contributed by atoms with Crippen LogP contribution in [0.1, 0.15) is 0 Å². The van der Waals surface area contributed by atoms with E-state index in [0.717, 1.165) is 7.11 Å². The molecule has 0 aromatic heterocycles. The van der Waals surface area contributed by atoms with Gasteiger partial charge in [0, 0.05) is 0 Å². The van der Waals surface area contributed by atoms with Gasteiger partial charge in [0.15, 0.2) is 0 Å². The summed E-state index contributed by atoms with van der Waals surface area (Å²) >= 11 is 0. The van der Waals surface area contributed by atoms with E-state index in [4.69, 9.17) is 4.91 Å². The topological polar surface area (TPSA) is 72.8 Å². The lowest BCUT2D eigenvalue weighted by Crippen LogP contribution is -1.94. The summed E-state index contributed by atoms with van der Waals surface area (Å²) in [5, 5.41) is 0. The van der Waals surface area contributed by atoms with Crippen LogP contribution in [0, 0.1) is 4.91 Å². The Bertz CT molecular complexity index is 145. The molecule has 6 heteroatoms. The van der Waals surface area contributed by atoms with Gasteiger partial charge in [-0.15, -0.1) is 4.91 Å². The molecule has 0 aliphatic heterocycles. The van der Waals surface area contributed by atoms with Crippen molar-refractivity contribution in [2.24, 2.45) is 4.58 Å². The maximum absolute atomic E-state index is 9.67. The van der Waals surface area contributed by atoms with Crippen LogP contribution < -0.4 is 0 Å². The summed E-state index contributed by atoms with van der Waals surface area (Å²) in [6.45, 7) is 0.